The van der Waals surface area contributed by atoms with E-state index >= 15 is 0 Å². The molecule has 4 unspecified atom stereocenters. The number of benzene rings is 4. The maximum Gasteiger partial charge on any atom is 0.330 e. The van der Waals surface area contributed by atoms with Crippen LogP contribution in [-0.2, 0) is 4.79 Å². The zero-order chi connectivity index (χ0) is 30.2. The Morgan fingerprint density at radius 2 is 1.33 bits per heavy atom. The van der Waals surface area contributed by atoms with Crippen LogP contribution in [0.2, 0.25) is 0 Å². The van der Waals surface area contributed by atoms with Gasteiger partial charge in [0, 0.05) is 17.2 Å². The molecule has 0 bridgehead atoms. The van der Waals surface area contributed by atoms with Gasteiger partial charge >= 0.3 is 12.0 Å². The molecule has 1 heterocycles. The van der Waals surface area contributed by atoms with Crippen LogP contribution in [0.25, 0.3) is 0 Å². The van der Waals surface area contributed by atoms with E-state index in [0.717, 1.165) is 11.1 Å². The van der Waals surface area contributed by atoms with Gasteiger partial charge in [-0.3, -0.25) is 9.69 Å². The van der Waals surface area contributed by atoms with E-state index in [0.29, 0.717) is 22.4 Å². The first kappa shape index (κ1) is 28.7. The average molecular weight is 569 g/mol. The van der Waals surface area contributed by atoms with Crippen LogP contribution in [0.3, 0.4) is 0 Å². The molecule has 2 N–H and O–H groups in total. The number of aryl methyl sites for hydroxylation is 2. The first-order valence-electron chi connectivity index (χ1n) is 13.5. The van der Waals surface area contributed by atoms with Crippen LogP contribution < -0.4 is 5.32 Å². The molecule has 1 fully saturated rings. The van der Waals surface area contributed by atoms with E-state index in [1.54, 1.807) is 36.4 Å². The van der Waals surface area contributed by atoms with Gasteiger partial charge in [-0.1, -0.05) is 60.2 Å². The average Bonchev–Trinajstić information content (AvgIpc) is 3.24. The number of likely N-dealkylation sites (tertiary alicyclic amines) is 1. The van der Waals surface area contributed by atoms with Crippen LogP contribution in [0, 0.1) is 31.4 Å². The van der Waals surface area contributed by atoms with Gasteiger partial charge in [-0.2, -0.15) is 0 Å². The molecule has 8 heteroatoms. The van der Waals surface area contributed by atoms with Gasteiger partial charge in [-0.25, -0.2) is 18.4 Å². The molecule has 2 amide bonds. The summed E-state index contributed by atoms with van der Waals surface area (Å²) in [5.41, 5.74) is 1.27. The smallest absolute Gasteiger partial charge is 0.330 e. The van der Waals surface area contributed by atoms with Crippen molar-refractivity contribution >= 4 is 23.5 Å². The molecule has 5 rings (SSSR count). The Morgan fingerprint density at radius 3 is 1.88 bits per heavy atom. The highest BCUT2D eigenvalue weighted by Gasteiger charge is 2.65. The Balaban J connectivity index is 1.77. The number of urea groups is 1. The lowest BCUT2D eigenvalue weighted by molar-refractivity contribution is -0.148. The Morgan fingerprint density at radius 1 is 0.786 bits per heavy atom. The number of hydrogen-bond acceptors (Lipinski definition) is 3. The van der Waals surface area contributed by atoms with Crippen LogP contribution in [0.1, 0.15) is 51.5 Å². The number of carbonyl (C=O) groups excluding carboxylic acids is 2. The lowest BCUT2D eigenvalue weighted by Gasteiger charge is -2.37. The summed E-state index contributed by atoms with van der Waals surface area (Å²) in [6, 6.07) is 22.7. The number of nitrogens with one attached hydrogen (secondary N) is 1. The maximum absolute atomic E-state index is 14.5. The first-order valence-corrected chi connectivity index (χ1v) is 13.5. The van der Waals surface area contributed by atoms with E-state index in [4.69, 9.17) is 0 Å². The Labute approximate surface area is 242 Å². The normalized spacial score (nSPS) is 21.6. The molecular formula is C34H30F2N2O4. The number of nitrogens with zero attached hydrogens (tertiary/aromatic N) is 1. The summed E-state index contributed by atoms with van der Waals surface area (Å²) >= 11 is 0. The number of amides is 2. The first-order chi connectivity index (χ1) is 20.0. The Bertz CT molecular complexity index is 1660. The number of anilines is 1. The lowest BCUT2D eigenvalue weighted by atomic mass is 9.71. The fraction of sp³-hybridized carbons (Fsp3) is 0.206. The van der Waals surface area contributed by atoms with Crippen LogP contribution >= 0.6 is 0 Å². The summed E-state index contributed by atoms with van der Waals surface area (Å²) in [7, 11) is 0. The maximum atomic E-state index is 14.5. The van der Waals surface area contributed by atoms with Gasteiger partial charge in [0.25, 0.3) is 0 Å². The van der Waals surface area contributed by atoms with Crippen molar-refractivity contribution in [2.45, 2.75) is 38.3 Å². The van der Waals surface area contributed by atoms with E-state index in [1.807, 2.05) is 26.0 Å². The van der Waals surface area contributed by atoms with Gasteiger partial charge in [-0.15, -0.1) is 0 Å². The van der Waals surface area contributed by atoms with Crippen LogP contribution in [0.4, 0.5) is 19.3 Å². The summed E-state index contributed by atoms with van der Waals surface area (Å²) in [5, 5.41) is 13.7. The number of halogens is 2. The van der Waals surface area contributed by atoms with E-state index in [9.17, 15) is 28.3 Å². The van der Waals surface area contributed by atoms with Gasteiger partial charge in [0.05, 0.1) is 12.0 Å². The van der Waals surface area contributed by atoms with Gasteiger partial charge in [0.2, 0.25) is 0 Å². The number of rotatable bonds is 6. The monoisotopic (exact) mass is 568 g/mol. The molecule has 0 saturated carbocycles. The third-order valence-electron chi connectivity index (χ3n) is 8.05. The Hall–Kier alpha value is -4.85. The molecule has 0 spiro atoms. The standard InChI is InChI=1S/C34H30F2N2O4/c1-20-6-4-8-24(18-20)31(39)28-29(22-10-14-25(35)15-11-22)34(3,32(40)41)38(30(28)23-12-16-26(36)17-13-23)33(42)37-27-9-5-7-21(2)19-27/h4-19,28-30H,1-3H3,(H,37,42)(H,40,41). The van der Waals surface area contributed by atoms with Gasteiger partial charge < -0.3 is 10.4 Å². The number of carboxylic acid groups (broad SMARTS) is 1. The zero-order valence-corrected chi connectivity index (χ0v) is 23.3. The fourth-order valence-corrected chi connectivity index (χ4v) is 6.12. The predicted octanol–water partition coefficient (Wildman–Crippen LogP) is 7.30. The second-order valence-corrected chi connectivity index (χ2v) is 10.9. The number of hydrogen-bond donors (Lipinski definition) is 2. The SMILES string of the molecule is Cc1cccc(NC(=O)N2C(c3ccc(F)cc3)C(C(=O)c3cccc(C)c3)C(c3ccc(F)cc3)C2(C)C(=O)O)c1. The molecule has 4 aromatic rings. The van der Waals surface area contributed by atoms with Crippen molar-refractivity contribution in [2.24, 2.45) is 5.92 Å². The van der Waals surface area contributed by atoms with Crippen molar-refractivity contribution in [1.82, 2.24) is 4.90 Å². The van der Waals surface area contributed by atoms with Gasteiger partial charge in [0.1, 0.15) is 17.2 Å². The fourth-order valence-electron chi connectivity index (χ4n) is 6.12. The van der Waals surface area contributed by atoms with E-state index in [1.165, 1.54) is 60.4 Å². The van der Waals surface area contributed by atoms with Crippen LogP contribution in [-0.4, -0.2) is 33.3 Å². The molecule has 42 heavy (non-hydrogen) atoms. The van der Waals surface area contributed by atoms with E-state index in [-0.39, 0.29) is 5.78 Å². The molecule has 4 aromatic carbocycles. The lowest BCUT2D eigenvalue weighted by Crippen LogP contribution is -2.55. The predicted molar refractivity (Wildman–Crippen MR) is 155 cm³/mol. The molecule has 6 nitrogen and oxygen atoms in total. The summed E-state index contributed by atoms with van der Waals surface area (Å²) < 4.78 is 28.1. The highest BCUT2D eigenvalue weighted by atomic mass is 19.1. The minimum atomic E-state index is -1.98. The van der Waals surface area contributed by atoms with Crippen molar-refractivity contribution < 1.29 is 28.3 Å². The number of aliphatic carboxylic acids is 1. The molecular weight excluding hydrogens is 538 g/mol. The molecule has 1 aliphatic rings. The quantitative estimate of drug-likeness (QED) is 0.239. The zero-order valence-electron chi connectivity index (χ0n) is 23.3. The van der Waals surface area contributed by atoms with E-state index in [2.05, 4.69) is 5.32 Å². The molecule has 214 valence electrons. The van der Waals surface area contributed by atoms with Crippen molar-refractivity contribution in [3.63, 3.8) is 0 Å². The summed E-state index contributed by atoms with van der Waals surface area (Å²) in [5.74, 6) is -5.00. The number of carbonyl (C=O) groups is 3. The molecule has 1 saturated heterocycles. The summed E-state index contributed by atoms with van der Waals surface area (Å²) in [6.07, 6.45) is 0. The summed E-state index contributed by atoms with van der Waals surface area (Å²) in [6.45, 7) is 5.10. The molecule has 4 atom stereocenters. The largest absolute Gasteiger partial charge is 0.479 e. The minimum absolute atomic E-state index is 0.341. The minimum Gasteiger partial charge on any atom is -0.479 e. The summed E-state index contributed by atoms with van der Waals surface area (Å²) in [4.78, 5) is 43.2. The van der Waals surface area contributed by atoms with Crippen molar-refractivity contribution in [1.29, 1.82) is 0 Å². The highest BCUT2D eigenvalue weighted by Crippen LogP contribution is 2.56. The molecule has 0 aliphatic carbocycles. The third kappa shape index (κ3) is 5.16. The second kappa shape index (κ2) is 11.2. The second-order valence-electron chi connectivity index (χ2n) is 10.9. The molecule has 1 aliphatic heterocycles. The van der Waals surface area contributed by atoms with Crippen molar-refractivity contribution in [3.05, 3.63) is 137 Å². The molecule has 0 aromatic heterocycles. The van der Waals surface area contributed by atoms with E-state index < -0.39 is 47.1 Å². The number of Topliss-reactive ketones (excluding diaryl/α,β-unsaturated/α-hetero) is 1. The highest BCUT2D eigenvalue weighted by molar-refractivity contribution is 6.03. The van der Waals surface area contributed by atoms with Gasteiger partial charge in [-0.05, 0) is 79.9 Å². The molecule has 0 radical (unpaired) electrons. The van der Waals surface area contributed by atoms with Crippen molar-refractivity contribution in [2.75, 3.05) is 5.32 Å². The Kier molecular flexibility index (Phi) is 7.65. The van der Waals surface area contributed by atoms with Gasteiger partial charge in [0.15, 0.2) is 5.78 Å². The third-order valence-corrected chi connectivity index (χ3v) is 8.05. The number of ketones is 1. The van der Waals surface area contributed by atoms with Crippen LogP contribution in [0.5, 0.6) is 0 Å². The topological polar surface area (TPSA) is 86.7 Å². The van der Waals surface area contributed by atoms with Crippen LogP contribution in [0.15, 0.2) is 97.1 Å². The van der Waals surface area contributed by atoms with Crippen molar-refractivity contribution in [3.8, 4) is 0 Å². The number of carboxylic acids is 1.